The third kappa shape index (κ3) is 6.23. The molecule has 1 atom stereocenters. The molecular formula is C23H29ClN2O3. The first-order valence-corrected chi connectivity index (χ1v) is 10.1. The number of aryl methyl sites for hydroxylation is 2. The second kappa shape index (κ2) is 10.3. The summed E-state index contributed by atoms with van der Waals surface area (Å²) in [6.07, 6.45) is 0. The SMILES string of the molecule is CCNC(=O)C(C)N(Cc1cccc(Cl)c1)C(=O)COc1cc(C)cc(C)c1C. The van der Waals surface area contributed by atoms with E-state index in [2.05, 4.69) is 11.4 Å². The fourth-order valence-electron chi connectivity index (χ4n) is 3.11. The lowest BCUT2D eigenvalue weighted by atomic mass is 10.1. The number of hydrogen-bond acceptors (Lipinski definition) is 3. The van der Waals surface area contributed by atoms with Crippen LogP contribution in [0.1, 0.15) is 36.1 Å². The largest absolute Gasteiger partial charge is 0.483 e. The number of halogens is 1. The molecule has 0 aliphatic heterocycles. The van der Waals surface area contributed by atoms with Crippen molar-refractivity contribution >= 4 is 23.4 Å². The van der Waals surface area contributed by atoms with Gasteiger partial charge in [-0.25, -0.2) is 0 Å². The van der Waals surface area contributed by atoms with E-state index in [0.717, 1.165) is 22.3 Å². The molecule has 2 aromatic carbocycles. The highest BCUT2D eigenvalue weighted by atomic mass is 35.5. The Hall–Kier alpha value is -2.53. The summed E-state index contributed by atoms with van der Waals surface area (Å²) in [7, 11) is 0. The Bertz CT molecular complexity index is 882. The maximum Gasteiger partial charge on any atom is 0.261 e. The summed E-state index contributed by atoms with van der Waals surface area (Å²) in [6, 6.07) is 10.6. The highest BCUT2D eigenvalue weighted by Crippen LogP contribution is 2.23. The van der Waals surface area contributed by atoms with Crippen LogP contribution >= 0.6 is 11.6 Å². The third-order valence-electron chi connectivity index (χ3n) is 4.88. The molecule has 6 heteroatoms. The van der Waals surface area contributed by atoms with Crippen LogP contribution in [-0.4, -0.2) is 35.9 Å². The maximum atomic E-state index is 13.0. The Morgan fingerprint density at radius 1 is 1.17 bits per heavy atom. The molecule has 0 heterocycles. The second-order valence-electron chi connectivity index (χ2n) is 7.22. The van der Waals surface area contributed by atoms with Crippen molar-refractivity contribution < 1.29 is 14.3 Å². The van der Waals surface area contributed by atoms with Gasteiger partial charge >= 0.3 is 0 Å². The van der Waals surface area contributed by atoms with E-state index in [1.165, 1.54) is 4.90 Å². The third-order valence-corrected chi connectivity index (χ3v) is 5.11. The molecule has 1 N–H and O–H groups in total. The summed E-state index contributed by atoms with van der Waals surface area (Å²) < 4.78 is 5.84. The Labute approximate surface area is 178 Å². The molecule has 0 spiro atoms. The van der Waals surface area contributed by atoms with Crippen molar-refractivity contribution in [1.29, 1.82) is 0 Å². The van der Waals surface area contributed by atoms with Gasteiger partial charge in [-0.2, -0.15) is 0 Å². The minimum Gasteiger partial charge on any atom is -0.483 e. The summed E-state index contributed by atoms with van der Waals surface area (Å²) >= 11 is 6.08. The fraction of sp³-hybridized carbons (Fsp3) is 0.391. The molecule has 2 amide bonds. The number of benzene rings is 2. The minimum absolute atomic E-state index is 0.145. The van der Waals surface area contributed by atoms with Gasteiger partial charge in [0.15, 0.2) is 6.61 Å². The molecule has 0 fully saturated rings. The molecule has 1 unspecified atom stereocenters. The number of hydrogen-bond donors (Lipinski definition) is 1. The molecule has 2 aromatic rings. The van der Waals surface area contributed by atoms with E-state index in [-0.39, 0.29) is 25.0 Å². The van der Waals surface area contributed by atoms with Crippen LogP contribution in [-0.2, 0) is 16.1 Å². The van der Waals surface area contributed by atoms with Gasteiger partial charge in [0.2, 0.25) is 5.91 Å². The molecule has 2 rings (SSSR count). The van der Waals surface area contributed by atoms with E-state index in [0.29, 0.717) is 17.3 Å². The van der Waals surface area contributed by atoms with Crippen molar-refractivity contribution in [3.63, 3.8) is 0 Å². The molecule has 0 radical (unpaired) electrons. The molecule has 29 heavy (non-hydrogen) atoms. The molecule has 0 bridgehead atoms. The predicted octanol–water partition coefficient (Wildman–Crippen LogP) is 4.20. The van der Waals surface area contributed by atoms with E-state index < -0.39 is 6.04 Å². The first-order valence-electron chi connectivity index (χ1n) is 9.75. The topological polar surface area (TPSA) is 58.6 Å². The monoisotopic (exact) mass is 416 g/mol. The first kappa shape index (κ1) is 22.8. The quantitative estimate of drug-likeness (QED) is 0.701. The smallest absolute Gasteiger partial charge is 0.261 e. The van der Waals surface area contributed by atoms with Gasteiger partial charge in [-0.05, 0) is 75.1 Å². The number of nitrogens with zero attached hydrogens (tertiary/aromatic N) is 1. The van der Waals surface area contributed by atoms with Crippen LogP contribution < -0.4 is 10.1 Å². The van der Waals surface area contributed by atoms with E-state index >= 15 is 0 Å². The highest BCUT2D eigenvalue weighted by molar-refractivity contribution is 6.30. The molecule has 156 valence electrons. The number of ether oxygens (including phenoxy) is 1. The van der Waals surface area contributed by atoms with Crippen LogP contribution in [0.5, 0.6) is 5.75 Å². The van der Waals surface area contributed by atoms with Gasteiger partial charge < -0.3 is 15.0 Å². The average molecular weight is 417 g/mol. The van der Waals surface area contributed by atoms with Crippen LogP contribution in [0.25, 0.3) is 0 Å². The predicted molar refractivity (Wildman–Crippen MR) is 116 cm³/mol. The standard InChI is InChI=1S/C23H29ClN2O3/c1-6-25-23(28)18(5)26(13-19-8-7-9-20(24)12-19)22(27)14-29-21-11-15(2)10-16(3)17(21)4/h7-12,18H,6,13-14H2,1-5H3,(H,25,28). The number of carbonyl (C=O) groups is 2. The van der Waals surface area contributed by atoms with Crippen molar-refractivity contribution in [2.45, 2.75) is 47.2 Å². The number of amides is 2. The normalized spacial score (nSPS) is 11.7. The lowest BCUT2D eigenvalue weighted by Gasteiger charge is -2.29. The molecule has 0 aromatic heterocycles. The zero-order valence-electron chi connectivity index (χ0n) is 17.7. The Morgan fingerprint density at radius 3 is 2.55 bits per heavy atom. The molecule has 0 saturated carbocycles. The van der Waals surface area contributed by atoms with Crippen LogP contribution in [0.3, 0.4) is 0 Å². The second-order valence-corrected chi connectivity index (χ2v) is 7.65. The van der Waals surface area contributed by atoms with Crippen molar-refractivity contribution in [2.24, 2.45) is 0 Å². The zero-order chi connectivity index (χ0) is 21.6. The van der Waals surface area contributed by atoms with Crippen molar-refractivity contribution in [3.05, 3.63) is 63.7 Å². The molecule has 0 aliphatic carbocycles. The molecular weight excluding hydrogens is 388 g/mol. The minimum atomic E-state index is -0.634. The number of likely N-dealkylation sites (N-methyl/N-ethyl adjacent to an activating group) is 1. The summed E-state index contributed by atoms with van der Waals surface area (Å²) in [4.78, 5) is 26.9. The van der Waals surface area contributed by atoms with E-state index in [1.807, 2.05) is 45.9 Å². The lowest BCUT2D eigenvalue weighted by Crippen LogP contribution is -2.49. The van der Waals surface area contributed by atoms with Crippen LogP contribution in [0, 0.1) is 20.8 Å². The van der Waals surface area contributed by atoms with Gasteiger partial charge in [-0.3, -0.25) is 9.59 Å². The lowest BCUT2D eigenvalue weighted by molar-refractivity contribution is -0.142. The fourth-order valence-corrected chi connectivity index (χ4v) is 3.32. The first-order chi connectivity index (χ1) is 13.7. The summed E-state index contributed by atoms with van der Waals surface area (Å²) in [6.45, 7) is 10.2. The van der Waals surface area contributed by atoms with Crippen LogP contribution in [0.15, 0.2) is 36.4 Å². The molecule has 0 saturated heterocycles. The van der Waals surface area contributed by atoms with Gasteiger partial charge in [-0.15, -0.1) is 0 Å². The van der Waals surface area contributed by atoms with Crippen molar-refractivity contribution in [2.75, 3.05) is 13.2 Å². The molecule has 5 nitrogen and oxygen atoms in total. The summed E-state index contributed by atoms with van der Waals surface area (Å²) in [5.74, 6) is 0.219. The van der Waals surface area contributed by atoms with Crippen LogP contribution in [0.4, 0.5) is 0 Å². The van der Waals surface area contributed by atoms with Crippen LogP contribution in [0.2, 0.25) is 5.02 Å². The Morgan fingerprint density at radius 2 is 1.90 bits per heavy atom. The number of rotatable bonds is 8. The van der Waals surface area contributed by atoms with E-state index in [4.69, 9.17) is 16.3 Å². The van der Waals surface area contributed by atoms with E-state index in [9.17, 15) is 9.59 Å². The van der Waals surface area contributed by atoms with Gasteiger partial charge in [-0.1, -0.05) is 29.8 Å². The van der Waals surface area contributed by atoms with Crippen molar-refractivity contribution in [1.82, 2.24) is 10.2 Å². The highest BCUT2D eigenvalue weighted by Gasteiger charge is 2.26. The number of nitrogens with one attached hydrogen (secondary N) is 1. The zero-order valence-corrected chi connectivity index (χ0v) is 18.5. The van der Waals surface area contributed by atoms with E-state index in [1.54, 1.807) is 19.1 Å². The maximum absolute atomic E-state index is 13.0. The van der Waals surface area contributed by atoms with Crippen molar-refractivity contribution in [3.8, 4) is 5.75 Å². The summed E-state index contributed by atoms with van der Waals surface area (Å²) in [5.41, 5.74) is 4.03. The van der Waals surface area contributed by atoms with Gasteiger partial charge in [0.05, 0.1) is 0 Å². The Kier molecular flexibility index (Phi) is 8.09. The Balaban J connectivity index is 2.20. The molecule has 0 aliphatic rings. The van der Waals surface area contributed by atoms with Gasteiger partial charge in [0.25, 0.3) is 5.91 Å². The average Bonchev–Trinajstić information content (AvgIpc) is 2.67. The summed E-state index contributed by atoms with van der Waals surface area (Å²) in [5, 5.41) is 3.36. The van der Waals surface area contributed by atoms with Gasteiger partial charge in [0, 0.05) is 18.1 Å². The van der Waals surface area contributed by atoms with Gasteiger partial charge in [0.1, 0.15) is 11.8 Å². The number of carbonyl (C=O) groups excluding carboxylic acids is 2.